The quantitative estimate of drug-likeness (QED) is 0.320. The molecule has 2 atom stereocenters. The molecule has 1 heterocycles. The summed E-state index contributed by atoms with van der Waals surface area (Å²) in [7, 11) is -1.86. The Morgan fingerprint density at radius 3 is 2.35 bits per heavy atom. The number of para-hydroxylation sites is 1. The molecule has 140 valence electrons. The Labute approximate surface area is 158 Å². The Morgan fingerprint density at radius 1 is 0.923 bits per heavy atom. The van der Waals surface area contributed by atoms with Gasteiger partial charge < -0.3 is 9.05 Å². The molecular weight excluding hydrogens is 366 g/mol. The number of hydrogen-bond donors (Lipinski definition) is 0. The van der Waals surface area contributed by atoms with E-state index in [2.05, 4.69) is 36.4 Å². The van der Waals surface area contributed by atoms with Crippen molar-refractivity contribution < 1.29 is 18.6 Å². The van der Waals surface area contributed by atoms with Crippen molar-refractivity contribution in [1.82, 2.24) is 0 Å². The van der Waals surface area contributed by atoms with Crippen LogP contribution >= 0.6 is 16.5 Å². The molecule has 0 N–H and O–H groups in total. The molecule has 3 rings (SSSR count). The lowest BCUT2D eigenvalue weighted by Gasteiger charge is -2.29. The van der Waals surface area contributed by atoms with Crippen LogP contribution in [0.1, 0.15) is 27.7 Å². The van der Waals surface area contributed by atoms with Gasteiger partial charge in [0, 0.05) is 23.2 Å². The molecule has 0 radical (unpaired) electrons. The summed E-state index contributed by atoms with van der Waals surface area (Å²) in [5.74, 6) is 0.964. The predicted octanol–water partition coefficient (Wildman–Crippen LogP) is 5.86. The van der Waals surface area contributed by atoms with Crippen molar-refractivity contribution in [2.45, 2.75) is 39.9 Å². The Morgan fingerprint density at radius 2 is 1.62 bits per heavy atom. The van der Waals surface area contributed by atoms with Crippen molar-refractivity contribution in [3.05, 3.63) is 48.5 Å². The Kier molecular flexibility index (Phi) is 7.03. The minimum Gasteiger partial charge on any atom is -0.469 e. The zero-order chi connectivity index (χ0) is 18.5. The summed E-state index contributed by atoms with van der Waals surface area (Å²) in [5, 5.41) is 1.28. The summed E-state index contributed by atoms with van der Waals surface area (Å²) in [6.45, 7) is 7.93. The topological polar surface area (TPSA) is 36.9 Å². The first-order valence-electron chi connectivity index (χ1n) is 8.96. The normalized spacial score (nSPS) is 16.9. The van der Waals surface area contributed by atoms with Gasteiger partial charge in [-0.2, -0.15) is 4.67 Å². The lowest BCUT2D eigenvalue weighted by Crippen LogP contribution is -2.17. The fourth-order valence-corrected chi connectivity index (χ4v) is 6.55. The maximum absolute atomic E-state index is 6.36. The molecule has 2 aromatic carbocycles. The van der Waals surface area contributed by atoms with Crippen LogP contribution in [0.25, 0.3) is 11.1 Å². The predicted molar refractivity (Wildman–Crippen MR) is 109 cm³/mol. The van der Waals surface area contributed by atoms with E-state index in [9.17, 15) is 0 Å². The van der Waals surface area contributed by atoms with E-state index in [1.54, 1.807) is 0 Å². The zero-order valence-corrected chi connectivity index (χ0v) is 17.5. The summed E-state index contributed by atoms with van der Waals surface area (Å²) in [6.07, 6.45) is 1.77. The average molecular weight is 392 g/mol. The van der Waals surface area contributed by atoms with Crippen molar-refractivity contribution in [2.75, 3.05) is 12.3 Å². The molecular formula is C20H26O4P2. The Hall–Kier alpha value is -1.02. The third-order valence-corrected chi connectivity index (χ3v) is 7.52. The summed E-state index contributed by atoms with van der Waals surface area (Å²) >= 11 is 0. The molecule has 0 spiro atoms. The Bertz CT molecular complexity index is 720. The molecule has 2 unspecified atom stereocenters. The van der Waals surface area contributed by atoms with Crippen molar-refractivity contribution in [2.24, 2.45) is 0 Å². The van der Waals surface area contributed by atoms with E-state index in [0.717, 1.165) is 18.1 Å². The second-order valence-electron chi connectivity index (χ2n) is 6.64. The molecule has 0 aromatic heterocycles. The van der Waals surface area contributed by atoms with E-state index in [4.69, 9.17) is 18.6 Å². The largest absolute Gasteiger partial charge is 0.469 e. The number of benzene rings is 2. The van der Waals surface area contributed by atoms with Crippen LogP contribution < -0.4 is 9.83 Å². The van der Waals surface area contributed by atoms with Gasteiger partial charge in [-0.1, -0.05) is 42.5 Å². The van der Waals surface area contributed by atoms with Crippen LogP contribution in [-0.2, 0) is 14.1 Å². The van der Waals surface area contributed by atoms with Gasteiger partial charge in [-0.05, 0) is 39.3 Å². The summed E-state index contributed by atoms with van der Waals surface area (Å²) in [6, 6.07) is 16.8. The molecule has 0 saturated heterocycles. The fourth-order valence-electron chi connectivity index (χ4n) is 2.67. The minimum absolute atomic E-state index is 0.0139. The van der Waals surface area contributed by atoms with Crippen LogP contribution in [-0.4, -0.2) is 24.5 Å². The van der Waals surface area contributed by atoms with Gasteiger partial charge in [0.2, 0.25) is 8.38 Å². The van der Waals surface area contributed by atoms with E-state index in [-0.39, 0.29) is 12.2 Å². The molecule has 26 heavy (non-hydrogen) atoms. The van der Waals surface area contributed by atoms with E-state index in [1.807, 2.05) is 39.8 Å². The zero-order valence-electron chi connectivity index (χ0n) is 15.7. The third-order valence-electron chi connectivity index (χ3n) is 3.69. The van der Waals surface area contributed by atoms with Crippen molar-refractivity contribution in [3.8, 4) is 16.9 Å². The van der Waals surface area contributed by atoms with Crippen molar-refractivity contribution >= 4 is 21.8 Å². The molecule has 0 saturated carbocycles. The third kappa shape index (κ3) is 5.03. The highest BCUT2D eigenvalue weighted by Crippen LogP contribution is 2.51. The molecule has 0 bridgehead atoms. The molecule has 0 amide bonds. The highest BCUT2D eigenvalue weighted by atomic mass is 31.2. The molecule has 0 fully saturated rings. The van der Waals surface area contributed by atoms with Gasteiger partial charge in [-0.3, -0.25) is 0 Å². The minimum atomic E-state index is -1.10. The van der Waals surface area contributed by atoms with E-state index < -0.39 is 16.5 Å². The number of hydrogen-bond acceptors (Lipinski definition) is 4. The van der Waals surface area contributed by atoms with Crippen molar-refractivity contribution in [1.29, 1.82) is 0 Å². The van der Waals surface area contributed by atoms with Gasteiger partial charge in [0.25, 0.3) is 0 Å². The SMILES string of the molecule is CC(C)OOP(CCP1Oc2ccccc2-c2ccccc21)OC(C)C. The maximum atomic E-state index is 6.36. The van der Waals surface area contributed by atoms with Crippen LogP contribution in [0.4, 0.5) is 0 Å². The monoisotopic (exact) mass is 392 g/mol. The summed E-state index contributed by atoms with van der Waals surface area (Å²) in [5.41, 5.74) is 2.44. The first-order chi connectivity index (χ1) is 12.5. The maximum Gasteiger partial charge on any atom is 0.209 e. The van der Waals surface area contributed by atoms with Gasteiger partial charge >= 0.3 is 0 Å². The lowest BCUT2D eigenvalue weighted by atomic mass is 10.0. The van der Waals surface area contributed by atoms with Crippen LogP contribution in [0.3, 0.4) is 0 Å². The first-order valence-corrected chi connectivity index (χ1v) is 11.8. The van der Waals surface area contributed by atoms with Crippen molar-refractivity contribution in [3.63, 3.8) is 0 Å². The number of rotatable bonds is 8. The average Bonchev–Trinajstić information content (AvgIpc) is 2.63. The van der Waals surface area contributed by atoms with Crippen LogP contribution in [0, 0.1) is 0 Å². The second-order valence-corrected chi connectivity index (χ2v) is 9.98. The molecule has 0 aliphatic carbocycles. The van der Waals surface area contributed by atoms with Gasteiger partial charge in [-0.25, -0.2) is 4.89 Å². The van der Waals surface area contributed by atoms with E-state index in [1.165, 1.54) is 16.4 Å². The molecule has 6 heteroatoms. The smallest absolute Gasteiger partial charge is 0.209 e. The van der Waals surface area contributed by atoms with Crippen LogP contribution in [0.15, 0.2) is 48.5 Å². The molecule has 2 aromatic rings. The number of fused-ring (bicyclic) bond motifs is 3. The molecule has 1 aliphatic rings. The summed E-state index contributed by atoms with van der Waals surface area (Å²) < 4.78 is 17.8. The van der Waals surface area contributed by atoms with Gasteiger partial charge in [0.05, 0.1) is 12.2 Å². The van der Waals surface area contributed by atoms with E-state index in [0.29, 0.717) is 0 Å². The first kappa shape index (κ1) is 19.7. The standard InChI is InChI=1S/C20H26O4P2/c1-15(2)21-24-26(22-16(3)4)14-13-25-20-12-8-6-10-18(20)17-9-5-7-11-19(17)23-25/h5-12,15-16H,13-14H2,1-4H3. The van der Waals surface area contributed by atoms with Crippen LogP contribution in [0.5, 0.6) is 5.75 Å². The lowest BCUT2D eigenvalue weighted by molar-refractivity contribution is -0.236. The highest BCUT2D eigenvalue weighted by Gasteiger charge is 2.28. The fraction of sp³-hybridized carbons (Fsp3) is 0.400. The summed E-state index contributed by atoms with van der Waals surface area (Å²) in [4.78, 5) is 5.34. The Balaban J connectivity index is 1.73. The van der Waals surface area contributed by atoms with Gasteiger partial charge in [0.15, 0.2) is 0 Å². The van der Waals surface area contributed by atoms with Crippen LogP contribution in [0.2, 0.25) is 0 Å². The second kappa shape index (κ2) is 9.26. The molecule has 4 nitrogen and oxygen atoms in total. The van der Waals surface area contributed by atoms with Gasteiger partial charge in [-0.15, -0.1) is 0 Å². The van der Waals surface area contributed by atoms with Gasteiger partial charge in [0.1, 0.15) is 13.9 Å². The van der Waals surface area contributed by atoms with E-state index >= 15 is 0 Å². The molecule has 1 aliphatic heterocycles. The highest BCUT2D eigenvalue weighted by molar-refractivity contribution is 7.62.